The number of nitrogens with one attached hydrogen (secondary N) is 1. The Hall–Kier alpha value is -1.42. The number of rotatable bonds is 4. The molecule has 0 bridgehead atoms. The molecule has 0 radical (unpaired) electrons. The van der Waals surface area contributed by atoms with E-state index in [1.54, 1.807) is 18.2 Å². The highest BCUT2D eigenvalue weighted by atomic mass is 79.9. The monoisotopic (exact) mass is 540 g/mol. The van der Waals surface area contributed by atoms with Crippen molar-refractivity contribution in [3.63, 3.8) is 0 Å². The second-order valence-corrected chi connectivity index (χ2v) is 8.87. The maximum absolute atomic E-state index is 14.1. The number of hydrogen-bond acceptors (Lipinski definition) is 4. The van der Waals surface area contributed by atoms with E-state index in [2.05, 4.69) is 39.0 Å². The minimum atomic E-state index is -4.77. The van der Waals surface area contributed by atoms with E-state index in [0.717, 1.165) is 12.1 Å². The Labute approximate surface area is 194 Å². The van der Waals surface area contributed by atoms with Crippen molar-refractivity contribution >= 4 is 63.4 Å². The summed E-state index contributed by atoms with van der Waals surface area (Å²) in [7, 11) is 0. The molecule has 1 N–H and O–H groups in total. The average Bonchev–Trinajstić information content (AvgIpc) is 3.06. The fourth-order valence-corrected chi connectivity index (χ4v) is 4.76. The van der Waals surface area contributed by atoms with Gasteiger partial charge in [0.05, 0.1) is 11.1 Å². The molecule has 4 nitrogen and oxygen atoms in total. The van der Waals surface area contributed by atoms with Gasteiger partial charge in [-0.05, 0) is 29.8 Å². The third kappa shape index (κ3) is 4.59. The normalized spacial score (nSPS) is 19.8. The van der Waals surface area contributed by atoms with Gasteiger partial charge in [-0.3, -0.25) is 4.79 Å². The number of thiol groups is 1. The molecule has 2 aromatic carbocycles. The number of carbonyl (C=O) groups excluding carboxylic acids is 1. The van der Waals surface area contributed by atoms with Crippen LogP contribution in [0.15, 0.2) is 46.0 Å². The number of nitrogens with zero attached hydrogens (tertiary/aromatic N) is 1. The van der Waals surface area contributed by atoms with Crippen molar-refractivity contribution < 1.29 is 22.8 Å². The molecule has 1 aliphatic heterocycles. The first-order chi connectivity index (χ1) is 13.9. The van der Waals surface area contributed by atoms with Crippen molar-refractivity contribution in [2.24, 2.45) is 5.16 Å². The van der Waals surface area contributed by atoms with Crippen LogP contribution in [0.2, 0.25) is 10.0 Å². The van der Waals surface area contributed by atoms with E-state index in [-0.39, 0.29) is 27.2 Å². The first-order valence-electron chi connectivity index (χ1n) is 8.46. The smallest absolute Gasteiger partial charge is 0.374 e. The molecule has 2 aromatic rings. The average molecular weight is 542 g/mol. The van der Waals surface area contributed by atoms with Gasteiger partial charge in [0.25, 0.3) is 5.60 Å². The zero-order valence-corrected chi connectivity index (χ0v) is 19.2. The van der Waals surface area contributed by atoms with Gasteiger partial charge in [0.15, 0.2) is 0 Å². The van der Waals surface area contributed by atoms with Crippen molar-refractivity contribution in [3.05, 3.63) is 67.6 Å². The summed E-state index contributed by atoms with van der Waals surface area (Å²) in [6.45, 7) is 1.36. The largest absolute Gasteiger partial charge is 0.435 e. The Bertz CT molecular complexity index is 1020. The highest BCUT2D eigenvalue weighted by molar-refractivity contribution is 9.10. The molecule has 0 spiro atoms. The molecule has 0 fully saturated rings. The van der Waals surface area contributed by atoms with Crippen LogP contribution in [0.25, 0.3) is 0 Å². The molecule has 30 heavy (non-hydrogen) atoms. The maximum Gasteiger partial charge on any atom is 0.435 e. The van der Waals surface area contributed by atoms with Crippen LogP contribution in [-0.4, -0.2) is 17.8 Å². The number of amides is 1. The van der Waals surface area contributed by atoms with Crippen LogP contribution in [0.4, 0.5) is 13.2 Å². The zero-order valence-electron chi connectivity index (χ0n) is 15.2. The molecule has 0 aliphatic carbocycles. The van der Waals surface area contributed by atoms with Crippen molar-refractivity contribution in [2.45, 2.75) is 30.5 Å². The number of benzene rings is 2. The minimum Gasteiger partial charge on any atom is -0.374 e. The van der Waals surface area contributed by atoms with Gasteiger partial charge in [0.1, 0.15) is 0 Å². The van der Waals surface area contributed by atoms with Crippen LogP contribution >= 0.6 is 51.8 Å². The lowest BCUT2D eigenvalue weighted by molar-refractivity contribution is -0.275. The van der Waals surface area contributed by atoms with E-state index in [4.69, 9.17) is 28.0 Å². The molecule has 160 valence electrons. The third-order valence-electron chi connectivity index (χ3n) is 4.48. The van der Waals surface area contributed by atoms with Gasteiger partial charge in [0, 0.05) is 39.0 Å². The quantitative estimate of drug-likeness (QED) is 0.347. The van der Waals surface area contributed by atoms with Gasteiger partial charge in [-0.15, -0.1) is 12.6 Å². The molecule has 3 rings (SSSR count). The van der Waals surface area contributed by atoms with Crippen LogP contribution in [0, 0.1) is 0 Å². The van der Waals surface area contributed by atoms with Gasteiger partial charge in [0.2, 0.25) is 5.91 Å². The highest BCUT2D eigenvalue weighted by Crippen LogP contribution is 2.49. The minimum absolute atomic E-state index is 0.0584. The highest BCUT2D eigenvalue weighted by Gasteiger charge is 2.62. The number of carbonyl (C=O) groups is 1. The van der Waals surface area contributed by atoms with Crippen LogP contribution in [0.3, 0.4) is 0 Å². The molecule has 1 aliphatic rings. The molecular weight excluding hydrogens is 528 g/mol. The second kappa shape index (κ2) is 8.61. The van der Waals surface area contributed by atoms with Crippen LogP contribution in [0.5, 0.6) is 0 Å². The molecular formula is C19H14BrCl2F3N2O2S. The lowest BCUT2D eigenvalue weighted by atomic mass is 9.86. The van der Waals surface area contributed by atoms with Crippen molar-refractivity contribution in [1.82, 2.24) is 5.32 Å². The van der Waals surface area contributed by atoms with E-state index >= 15 is 0 Å². The summed E-state index contributed by atoms with van der Waals surface area (Å²) in [6, 6.07) is 8.49. The van der Waals surface area contributed by atoms with Crippen LogP contribution in [-0.2, 0) is 15.2 Å². The molecule has 0 saturated heterocycles. The summed E-state index contributed by atoms with van der Waals surface area (Å²) in [5.41, 5.74) is -1.77. The Kier molecular flexibility index (Phi) is 6.67. The summed E-state index contributed by atoms with van der Waals surface area (Å²) in [5, 5.41) is 5.88. The third-order valence-corrected chi connectivity index (χ3v) is 6.01. The second-order valence-electron chi connectivity index (χ2n) is 6.63. The van der Waals surface area contributed by atoms with Crippen molar-refractivity contribution in [2.75, 3.05) is 0 Å². The SMILES string of the molecule is CC(=O)NC(S)c1ccc(C2=NOC(c3cc(Cl)cc(Cl)c3)(C(F)(F)F)C2)cc1Br. The summed E-state index contributed by atoms with van der Waals surface area (Å²) in [6.07, 6.45) is -5.33. The number of alkyl halides is 3. The fraction of sp³-hybridized carbons (Fsp3) is 0.263. The van der Waals surface area contributed by atoms with E-state index in [9.17, 15) is 18.0 Å². The first kappa shape index (κ1) is 23.2. The van der Waals surface area contributed by atoms with Gasteiger partial charge in [-0.25, -0.2) is 0 Å². The summed E-state index contributed by atoms with van der Waals surface area (Å²) in [5.74, 6) is -0.269. The number of hydrogen-bond donors (Lipinski definition) is 2. The van der Waals surface area contributed by atoms with Gasteiger partial charge < -0.3 is 10.2 Å². The Balaban J connectivity index is 1.95. The first-order valence-corrected chi connectivity index (χ1v) is 10.5. The predicted molar refractivity (Wildman–Crippen MR) is 116 cm³/mol. The standard InChI is InChI=1S/C19H14BrCl2F3N2O2S/c1-9(28)26-17(30)14-3-2-10(4-15(14)20)16-8-18(29-27-16,19(23,24)25)11-5-12(21)7-13(22)6-11/h2-7,17,30H,8H2,1H3,(H,26,28). The Morgan fingerprint density at radius 1 is 1.27 bits per heavy atom. The van der Waals surface area contributed by atoms with E-state index in [1.165, 1.54) is 13.0 Å². The molecule has 1 amide bonds. The van der Waals surface area contributed by atoms with E-state index in [0.29, 0.717) is 15.6 Å². The molecule has 1 heterocycles. The Morgan fingerprint density at radius 3 is 2.43 bits per heavy atom. The number of oxime groups is 1. The van der Waals surface area contributed by atoms with Gasteiger partial charge >= 0.3 is 6.18 Å². The van der Waals surface area contributed by atoms with Crippen molar-refractivity contribution in [3.8, 4) is 0 Å². The molecule has 11 heteroatoms. The van der Waals surface area contributed by atoms with Crippen LogP contribution < -0.4 is 5.32 Å². The maximum atomic E-state index is 14.1. The Morgan fingerprint density at radius 2 is 1.90 bits per heavy atom. The molecule has 2 atom stereocenters. The molecule has 2 unspecified atom stereocenters. The summed E-state index contributed by atoms with van der Waals surface area (Å²) in [4.78, 5) is 16.2. The molecule has 0 aromatic heterocycles. The lowest BCUT2D eigenvalue weighted by Crippen LogP contribution is -2.42. The van der Waals surface area contributed by atoms with Gasteiger partial charge in [-0.2, -0.15) is 13.2 Å². The van der Waals surface area contributed by atoms with E-state index in [1.807, 2.05) is 0 Å². The van der Waals surface area contributed by atoms with Crippen LogP contribution in [0.1, 0.15) is 35.4 Å². The predicted octanol–water partition coefficient (Wildman–Crippen LogP) is 6.40. The molecule has 0 saturated carbocycles. The van der Waals surface area contributed by atoms with Crippen molar-refractivity contribution in [1.29, 1.82) is 0 Å². The van der Waals surface area contributed by atoms with Gasteiger partial charge in [-0.1, -0.05) is 56.4 Å². The van der Waals surface area contributed by atoms with E-state index < -0.39 is 23.6 Å². The fourth-order valence-electron chi connectivity index (χ4n) is 3.04. The topological polar surface area (TPSA) is 50.7 Å². The number of halogens is 6. The summed E-state index contributed by atoms with van der Waals surface area (Å²) < 4.78 is 42.8. The summed E-state index contributed by atoms with van der Waals surface area (Å²) >= 11 is 19.5. The zero-order chi connectivity index (χ0) is 22.3. The lowest BCUT2D eigenvalue weighted by Gasteiger charge is -2.29.